The third-order valence-electron chi connectivity index (χ3n) is 3.46. The predicted molar refractivity (Wildman–Crippen MR) is 78.4 cm³/mol. The summed E-state index contributed by atoms with van der Waals surface area (Å²) in [7, 11) is 1.62. The van der Waals surface area contributed by atoms with Crippen molar-refractivity contribution in [1.29, 1.82) is 0 Å². The normalized spacial score (nSPS) is 12.7. The maximum atomic E-state index is 5.79. The molecule has 2 aromatic rings. The number of hydrogen-bond donors (Lipinski definition) is 1. The number of nitrogen functional groups attached to an aromatic ring is 1. The zero-order valence-corrected chi connectivity index (χ0v) is 12.4. The van der Waals surface area contributed by atoms with Crippen LogP contribution in [0.1, 0.15) is 33.2 Å². The number of hydrogen-bond acceptors (Lipinski definition) is 5. The molecule has 6 nitrogen and oxygen atoms in total. The Hall–Kier alpha value is -2.11. The topological polar surface area (TPSA) is 78.9 Å². The molecule has 0 aliphatic rings. The maximum absolute atomic E-state index is 5.79. The van der Waals surface area contributed by atoms with E-state index in [9.17, 15) is 0 Å². The molecular formula is C14H21N5O. The predicted octanol–water partition coefficient (Wildman–Crippen LogP) is 2.54. The Kier molecular flexibility index (Phi) is 4.22. The van der Waals surface area contributed by atoms with Gasteiger partial charge in [-0.15, -0.1) is 5.10 Å². The largest absolute Gasteiger partial charge is 0.496 e. The number of rotatable bonds is 5. The molecule has 0 bridgehead atoms. The fourth-order valence-electron chi connectivity index (χ4n) is 2.41. The SMILES string of the molecule is CCC(C(C)C)n1nnnc1-c1ccc(N)cc1OC. The van der Waals surface area contributed by atoms with Gasteiger partial charge in [-0.1, -0.05) is 20.8 Å². The Labute approximate surface area is 118 Å². The van der Waals surface area contributed by atoms with Crippen molar-refractivity contribution in [3.05, 3.63) is 18.2 Å². The highest BCUT2D eigenvalue weighted by Gasteiger charge is 2.21. The van der Waals surface area contributed by atoms with E-state index in [0.29, 0.717) is 23.2 Å². The molecule has 1 aromatic heterocycles. The minimum absolute atomic E-state index is 0.252. The number of ether oxygens (including phenoxy) is 1. The molecule has 0 saturated carbocycles. The minimum Gasteiger partial charge on any atom is -0.496 e. The summed E-state index contributed by atoms with van der Waals surface area (Å²) in [6, 6.07) is 5.75. The number of anilines is 1. The summed E-state index contributed by atoms with van der Waals surface area (Å²) in [4.78, 5) is 0. The van der Waals surface area contributed by atoms with Crippen LogP contribution in [-0.4, -0.2) is 27.3 Å². The number of aromatic nitrogens is 4. The zero-order valence-electron chi connectivity index (χ0n) is 12.4. The highest BCUT2D eigenvalue weighted by Crippen LogP contribution is 2.32. The first-order valence-electron chi connectivity index (χ1n) is 6.80. The lowest BCUT2D eigenvalue weighted by atomic mass is 10.0. The molecule has 108 valence electrons. The average Bonchev–Trinajstić information content (AvgIpc) is 2.88. The van der Waals surface area contributed by atoms with E-state index in [1.807, 2.05) is 16.8 Å². The van der Waals surface area contributed by atoms with Crippen LogP contribution in [0.2, 0.25) is 0 Å². The van der Waals surface area contributed by atoms with Crippen molar-refractivity contribution >= 4 is 5.69 Å². The summed E-state index contributed by atoms with van der Waals surface area (Å²) >= 11 is 0. The van der Waals surface area contributed by atoms with Gasteiger partial charge in [-0.25, -0.2) is 4.68 Å². The van der Waals surface area contributed by atoms with Gasteiger partial charge in [0.25, 0.3) is 0 Å². The lowest BCUT2D eigenvalue weighted by Crippen LogP contribution is -2.17. The first kappa shape index (κ1) is 14.3. The van der Waals surface area contributed by atoms with Crippen molar-refractivity contribution < 1.29 is 4.74 Å². The zero-order chi connectivity index (χ0) is 14.7. The highest BCUT2D eigenvalue weighted by molar-refractivity contribution is 5.67. The second-order valence-corrected chi connectivity index (χ2v) is 5.13. The molecule has 0 radical (unpaired) electrons. The van der Waals surface area contributed by atoms with Crippen molar-refractivity contribution in [1.82, 2.24) is 20.2 Å². The summed E-state index contributed by atoms with van der Waals surface area (Å²) in [6.07, 6.45) is 0.965. The monoisotopic (exact) mass is 275 g/mol. The van der Waals surface area contributed by atoms with Gasteiger partial charge in [-0.2, -0.15) is 0 Å². The molecule has 1 unspecified atom stereocenters. The van der Waals surface area contributed by atoms with Crippen LogP contribution < -0.4 is 10.5 Å². The van der Waals surface area contributed by atoms with E-state index in [0.717, 1.165) is 12.0 Å². The smallest absolute Gasteiger partial charge is 0.186 e. The van der Waals surface area contributed by atoms with Crippen molar-refractivity contribution in [3.63, 3.8) is 0 Å². The third kappa shape index (κ3) is 2.59. The van der Waals surface area contributed by atoms with Crippen molar-refractivity contribution in [2.45, 2.75) is 33.2 Å². The van der Waals surface area contributed by atoms with E-state index in [4.69, 9.17) is 10.5 Å². The van der Waals surface area contributed by atoms with Crippen LogP contribution in [0, 0.1) is 5.92 Å². The van der Waals surface area contributed by atoms with E-state index in [1.54, 1.807) is 13.2 Å². The Morgan fingerprint density at radius 2 is 2.10 bits per heavy atom. The summed E-state index contributed by atoms with van der Waals surface area (Å²) in [5.41, 5.74) is 7.30. The second kappa shape index (κ2) is 5.90. The molecule has 1 atom stereocenters. The van der Waals surface area contributed by atoms with E-state index in [1.165, 1.54) is 0 Å². The Bertz CT molecular complexity index is 579. The molecule has 1 heterocycles. The van der Waals surface area contributed by atoms with Crippen molar-refractivity contribution in [2.24, 2.45) is 5.92 Å². The second-order valence-electron chi connectivity index (χ2n) is 5.13. The molecule has 2 N–H and O–H groups in total. The number of nitrogens with zero attached hydrogens (tertiary/aromatic N) is 4. The summed E-state index contributed by atoms with van der Waals surface area (Å²) < 4.78 is 7.26. The maximum Gasteiger partial charge on any atom is 0.186 e. The molecule has 0 aliphatic heterocycles. The van der Waals surface area contributed by atoms with Gasteiger partial charge < -0.3 is 10.5 Å². The summed E-state index contributed by atoms with van der Waals surface area (Å²) in [5.74, 6) is 1.84. The van der Waals surface area contributed by atoms with Gasteiger partial charge in [0.15, 0.2) is 5.82 Å². The summed E-state index contributed by atoms with van der Waals surface area (Å²) in [6.45, 7) is 6.47. The first-order valence-corrected chi connectivity index (χ1v) is 6.80. The molecule has 0 amide bonds. The van der Waals surface area contributed by atoms with Gasteiger partial charge >= 0.3 is 0 Å². The highest BCUT2D eigenvalue weighted by atomic mass is 16.5. The molecule has 0 spiro atoms. The average molecular weight is 275 g/mol. The molecule has 0 aliphatic carbocycles. The van der Waals surface area contributed by atoms with Crippen LogP contribution in [0.4, 0.5) is 5.69 Å². The Morgan fingerprint density at radius 1 is 1.35 bits per heavy atom. The van der Waals surface area contributed by atoms with Crippen LogP contribution in [0.5, 0.6) is 5.75 Å². The Morgan fingerprint density at radius 3 is 2.70 bits per heavy atom. The number of nitrogens with two attached hydrogens (primary N) is 1. The van der Waals surface area contributed by atoms with Gasteiger partial charge in [0.1, 0.15) is 5.75 Å². The first-order chi connectivity index (χ1) is 9.58. The fraction of sp³-hybridized carbons (Fsp3) is 0.500. The van der Waals surface area contributed by atoms with Gasteiger partial charge in [-0.3, -0.25) is 0 Å². The molecular weight excluding hydrogens is 254 g/mol. The van der Waals surface area contributed by atoms with Crippen LogP contribution in [-0.2, 0) is 0 Å². The minimum atomic E-state index is 0.252. The van der Waals surface area contributed by atoms with Crippen molar-refractivity contribution in [3.8, 4) is 17.1 Å². The van der Waals surface area contributed by atoms with Gasteiger partial charge in [0.05, 0.1) is 18.7 Å². The number of tetrazole rings is 1. The Balaban J connectivity index is 2.52. The molecule has 0 saturated heterocycles. The lowest BCUT2D eigenvalue weighted by molar-refractivity contribution is 0.333. The van der Waals surface area contributed by atoms with Gasteiger partial charge in [-0.05, 0) is 34.9 Å². The summed E-state index contributed by atoms with van der Waals surface area (Å²) in [5, 5.41) is 12.1. The van der Waals surface area contributed by atoms with E-state index in [2.05, 4.69) is 36.3 Å². The quantitative estimate of drug-likeness (QED) is 0.848. The van der Waals surface area contributed by atoms with Crippen LogP contribution in [0.3, 0.4) is 0 Å². The lowest BCUT2D eigenvalue weighted by Gasteiger charge is -2.20. The molecule has 6 heteroatoms. The molecule has 20 heavy (non-hydrogen) atoms. The molecule has 1 aromatic carbocycles. The molecule has 2 rings (SSSR count). The number of methoxy groups -OCH3 is 1. The fourth-order valence-corrected chi connectivity index (χ4v) is 2.41. The van der Waals surface area contributed by atoms with Gasteiger partial charge in [0, 0.05) is 11.8 Å². The van der Waals surface area contributed by atoms with E-state index >= 15 is 0 Å². The van der Waals surface area contributed by atoms with E-state index in [-0.39, 0.29) is 6.04 Å². The standard InChI is InChI=1S/C14H21N5O/c1-5-12(9(2)3)19-14(16-17-18-19)11-7-6-10(15)8-13(11)20-4/h6-9,12H,5,15H2,1-4H3. The van der Waals surface area contributed by atoms with Gasteiger partial charge in [0.2, 0.25) is 0 Å². The van der Waals surface area contributed by atoms with E-state index < -0.39 is 0 Å². The third-order valence-corrected chi connectivity index (χ3v) is 3.46. The van der Waals surface area contributed by atoms with Crippen LogP contribution >= 0.6 is 0 Å². The molecule has 0 fully saturated rings. The van der Waals surface area contributed by atoms with Crippen LogP contribution in [0.25, 0.3) is 11.4 Å². The van der Waals surface area contributed by atoms with Crippen LogP contribution in [0.15, 0.2) is 18.2 Å². The number of benzene rings is 1. The van der Waals surface area contributed by atoms with Crippen molar-refractivity contribution in [2.75, 3.05) is 12.8 Å².